The van der Waals surface area contributed by atoms with Gasteiger partial charge >= 0.3 is 6.61 Å². The monoisotopic (exact) mass is 300 g/mol. The van der Waals surface area contributed by atoms with Crippen LogP contribution in [0.1, 0.15) is 25.5 Å². The first-order chi connectivity index (χ1) is 9.95. The fraction of sp³-hybridized carbons (Fsp3) is 0.385. The maximum atomic E-state index is 13.7. The summed E-state index contributed by atoms with van der Waals surface area (Å²) in [4.78, 5) is 0. The van der Waals surface area contributed by atoms with Gasteiger partial charge in [0.25, 0.3) is 0 Å². The molecule has 2 rings (SSSR count). The summed E-state index contributed by atoms with van der Waals surface area (Å²) in [6.45, 7) is 1.11. The molecule has 0 spiro atoms. The third-order valence-corrected chi connectivity index (χ3v) is 2.75. The number of anilines is 1. The summed E-state index contributed by atoms with van der Waals surface area (Å²) in [5.74, 6) is -0.329. The Hall–Kier alpha value is -2.25. The fourth-order valence-corrected chi connectivity index (χ4v) is 1.64. The van der Waals surface area contributed by atoms with Crippen LogP contribution in [0.4, 0.5) is 19.0 Å². The molecule has 5 nitrogen and oxygen atoms in total. The Kier molecular flexibility index (Phi) is 4.66. The number of rotatable bonds is 6. The number of hydrogen-bond donors (Lipinski definition) is 1. The van der Waals surface area contributed by atoms with Gasteiger partial charge < -0.3 is 10.1 Å². The summed E-state index contributed by atoms with van der Waals surface area (Å²) in [6.07, 6.45) is 1.71. The third-order valence-electron chi connectivity index (χ3n) is 2.75. The van der Waals surface area contributed by atoms with Gasteiger partial charge in [0.05, 0.1) is 6.20 Å². The van der Waals surface area contributed by atoms with Gasteiger partial charge in [-0.3, -0.25) is 0 Å². The zero-order valence-corrected chi connectivity index (χ0v) is 11.6. The quantitative estimate of drug-likeness (QED) is 0.890. The van der Waals surface area contributed by atoms with Crippen molar-refractivity contribution in [2.75, 3.05) is 5.32 Å². The van der Waals surface area contributed by atoms with Gasteiger partial charge in [-0.1, -0.05) is 11.3 Å². The van der Waals surface area contributed by atoms with E-state index in [2.05, 4.69) is 20.4 Å². The van der Waals surface area contributed by atoms with Crippen molar-refractivity contribution in [3.8, 4) is 5.75 Å². The molecule has 0 aliphatic rings. The zero-order chi connectivity index (χ0) is 15.4. The molecule has 0 saturated heterocycles. The van der Waals surface area contributed by atoms with Crippen LogP contribution in [0.2, 0.25) is 0 Å². The van der Waals surface area contributed by atoms with Gasteiger partial charge in [0, 0.05) is 24.2 Å². The van der Waals surface area contributed by atoms with Gasteiger partial charge in [-0.25, -0.2) is 9.07 Å². The van der Waals surface area contributed by atoms with E-state index in [1.165, 1.54) is 12.1 Å². The third kappa shape index (κ3) is 4.11. The maximum absolute atomic E-state index is 13.7. The molecular weight excluding hydrogens is 285 g/mol. The molecule has 0 saturated carbocycles. The van der Waals surface area contributed by atoms with E-state index < -0.39 is 12.4 Å². The van der Waals surface area contributed by atoms with Crippen molar-refractivity contribution >= 4 is 5.82 Å². The second kappa shape index (κ2) is 6.47. The van der Waals surface area contributed by atoms with Gasteiger partial charge in [-0.15, -0.1) is 5.10 Å². The van der Waals surface area contributed by atoms with Gasteiger partial charge in [-0.2, -0.15) is 8.78 Å². The van der Waals surface area contributed by atoms with Crippen LogP contribution < -0.4 is 10.1 Å². The van der Waals surface area contributed by atoms with Gasteiger partial charge in [0.1, 0.15) is 11.6 Å². The van der Waals surface area contributed by atoms with Crippen LogP contribution in [0.5, 0.6) is 5.75 Å². The molecule has 1 N–H and O–H groups in total. The van der Waals surface area contributed by atoms with Gasteiger partial charge in [0.15, 0.2) is 5.82 Å². The van der Waals surface area contributed by atoms with E-state index in [4.69, 9.17) is 0 Å². The standard InChI is InChI=1S/C13H15F3N4O/c1-8(2)20-7-12(18-19-20)17-6-9-3-4-10(5-11(9)14)21-13(15)16/h3-5,7-8,13,17H,6H2,1-2H3. The molecule has 114 valence electrons. The highest BCUT2D eigenvalue weighted by Crippen LogP contribution is 2.19. The summed E-state index contributed by atoms with van der Waals surface area (Å²) < 4.78 is 43.5. The van der Waals surface area contributed by atoms with Crippen LogP contribution in [-0.2, 0) is 6.54 Å². The first-order valence-electron chi connectivity index (χ1n) is 6.34. The van der Waals surface area contributed by atoms with Crippen LogP contribution in [0.15, 0.2) is 24.4 Å². The van der Waals surface area contributed by atoms with Crippen molar-refractivity contribution in [1.29, 1.82) is 0 Å². The number of benzene rings is 1. The molecule has 0 amide bonds. The summed E-state index contributed by atoms with van der Waals surface area (Å²) in [5.41, 5.74) is 0.315. The van der Waals surface area contributed by atoms with E-state index in [0.29, 0.717) is 11.4 Å². The highest BCUT2D eigenvalue weighted by Gasteiger charge is 2.09. The Morgan fingerprint density at radius 2 is 2.10 bits per heavy atom. The highest BCUT2D eigenvalue weighted by molar-refractivity contribution is 5.34. The maximum Gasteiger partial charge on any atom is 0.387 e. The zero-order valence-electron chi connectivity index (χ0n) is 11.6. The lowest BCUT2D eigenvalue weighted by Crippen LogP contribution is -2.05. The summed E-state index contributed by atoms with van der Waals surface area (Å²) in [5, 5.41) is 10.7. The number of alkyl halides is 2. The number of nitrogens with one attached hydrogen (secondary N) is 1. The molecule has 0 aliphatic heterocycles. The molecular formula is C13H15F3N4O. The molecule has 0 atom stereocenters. The van der Waals surface area contributed by atoms with Crippen molar-refractivity contribution in [3.05, 3.63) is 35.8 Å². The Balaban J connectivity index is 1.99. The van der Waals surface area contributed by atoms with Crippen molar-refractivity contribution in [2.45, 2.75) is 33.0 Å². The van der Waals surface area contributed by atoms with Crippen molar-refractivity contribution in [3.63, 3.8) is 0 Å². The highest BCUT2D eigenvalue weighted by atomic mass is 19.3. The summed E-state index contributed by atoms with van der Waals surface area (Å²) >= 11 is 0. The largest absolute Gasteiger partial charge is 0.435 e. The van der Waals surface area contributed by atoms with Crippen LogP contribution in [0.3, 0.4) is 0 Å². The minimum Gasteiger partial charge on any atom is -0.435 e. The summed E-state index contributed by atoms with van der Waals surface area (Å²) in [6, 6.07) is 3.77. The van der Waals surface area contributed by atoms with Crippen molar-refractivity contribution in [2.24, 2.45) is 0 Å². The van der Waals surface area contributed by atoms with Gasteiger partial charge in [-0.05, 0) is 19.9 Å². The lowest BCUT2D eigenvalue weighted by Gasteiger charge is -2.08. The predicted molar refractivity (Wildman–Crippen MR) is 70.8 cm³/mol. The molecule has 8 heteroatoms. The predicted octanol–water partition coefficient (Wildman–Crippen LogP) is 3.21. The topological polar surface area (TPSA) is 52.0 Å². The number of ether oxygens (including phenoxy) is 1. The Labute approximate surface area is 119 Å². The second-order valence-corrected chi connectivity index (χ2v) is 4.66. The lowest BCUT2D eigenvalue weighted by molar-refractivity contribution is -0.0500. The number of halogens is 3. The first-order valence-corrected chi connectivity index (χ1v) is 6.34. The van der Waals surface area contributed by atoms with Crippen LogP contribution in [0.25, 0.3) is 0 Å². The Morgan fingerprint density at radius 3 is 2.67 bits per heavy atom. The molecule has 2 aromatic rings. The molecule has 0 fully saturated rings. The fourth-order valence-electron chi connectivity index (χ4n) is 1.64. The van der Waals surface area contributed by atoms with Crippen LogP contribution in [-0.4, -0.2) is 21.6 Å². The molecule has 0 unspecified atom stereocenters. The van der Waals surface area contributed by atoms with Crippen LogP contribution in [0, 0.1) is 5.82 Å². The number of aromatic nitrogens is 3. The van der Waals surface area contributed by atoms with Crippen molar-refractivity contribution in [1.82, 2.24) is 15.0 Å². The average molecular weight is 300 g/mol. The molecule has 1 aromatic heterocycles. The second-order valence-electron chi connectivity index (χ2n) is 4.66. The molecule has 0 bridgehead atoms. The van der Waals surface area contributed by atoms with E-state index >= 15 is 0 Å². The molecule has 0 radical (unpaired) electrons. The van der Waals surface area contributed by atoms with E-state index in [1.807, 2.05) is 13.8 Å². The molecule has 0 aliphatic carbocycles. The van der Waals surface area contributed by atoms with E-state index in [1.54, 1.807) is 10.9 Å². The smallest absolute Gasteiger partial charge is 0.387 e. The SMILES string of the molecule is CC(C)n1cc(NCc2ccc(OC(F)F)cc2F)nn1. The average Bonchev–Trinajstić information content (AvgIpc) is 2.86. The van der Waals surface area contributed by atoms with Crippen molar-refractivity contribution < 1.29 is 17.9 Å². The van der Waals surface area contributed by atoms with E-state index in [9.17, 15) is 13.2 Å². The lowest BCUT2D eigenvalue weighted by atomic mass is 10.2. The van der Waals surface area contributed by atoms with Crippen LogP contribution >= 0.6 is 0 Å². The summed E-state index contributed by atoms with van der Waals surface area (Å²) in [7, 11) is 0. The number of nitrogens with zero attached hydrogens (tertiary/aromatic N) is 3. The first kappa shape index (κ1) is 15.1. The van der Waals surface area contributed by atoms with Gasteiger partial charge in [0.2, 0.25) is 0 Å². The molecule has 1 aromatic carbocycles. The molecule has 1 heterocycles. The minimum atomic E-state index is -2.97. The molecule has 21 heavy (non-hydrogen) atoms. The normalized spacial score (nSPS) is 11.2. The Bertz CT molecular complexity index is 601. The number of hydrogen-bond acceptors (Lipinski definition) is 4. The Morgan fingerprint density at radius 1 is 1.33 bits per heavy atom. The van der Waals surface area contributed by atoms with E-state index in [0.717, 1.165) is 6.07 Å². The minimum absolute atomic E-state index is 0.164. The van der Waals surface area contributed by atoms with E-state index in [-0.39, 0.29) is 18.3 Å².